The number of aliphatic hydroxyl groups is 1. The van der Waals surface area contributed by atoms with Gasteiger partial charge in [0, 0.05) is 24.7 Å². The summed E-state index contributed by atoms with van der Waals surface area (Å²) in [5.74, 6) is 0.680. The number of nitrogen functional groups attached to an aromatic ring is 1. The Morgan fingerprint density at radius 3 is 2.62 bits per heavy atom. The van der Waals surface area contributed by atoms with Crippen LogP contribution in [0.5, 0.6) is 5.75 Å². The molecule has 1 aromatic carbocycles. The Kier molecular flexibility index (Phi) is 3.55. The molecule has 0 saturated carbocycles. The largest absolute Gasteiger partial charge is 0.485 e. The summed E-state index contributed by atoms with van der Waals surface area (Å²) in [4.78, 5) is 10.8. The zero-order chi connectivity index (χ0) is 12.3. The lowest BCUT2D eigenvalue weighted by Gasteiger charge is -2.17. The number of fused-ring (bicyclic) bond motifs is 1. The van der Waals surface area contributed by atoms with Gasteiger partial charge in [-0.25, -0.2) is 0 Å². The third-order valence-electron chi connectivity index (χ3n) is 2.44. The summed E-state index contributed by atoms with van der Waals surface area (Å²) in [5, 5.41) is 7.00. The van der Waals surface area contributed by atoms with E-state index in [2.05, 4.69) is 0 Å². The molecular weight excluding hydrogens is 206 g/mol. The van der Waals surface area contributed by atoms with Crippen molar-refractivity contribution in [1.29, 1.82) is 0 Å². The number of anilines is 1. The number of nitrogens with two attached hydrogens (primary N) is 1. The second-order valence-electron chi connectivity index (χ2n) is 4.21. The van der Waals surface area contributed by atoms with E-state index >= 15 is 0 Å². The molecule has 0 fully saturated rings. The van der Waals surface area contributed by atoms with Crippen molar-refractivity contribution in [2.45, 2.75) is 25.9 Å². The molecule has 16 heavy (non-hydrogen) atoms. The van der Waals surface area contributed by atoms with Crippen molar-refractivity contribution in [3.05, 3.63) is 23.3 Å². The Bertz CT molecular complexity index is 399. The fraction of sp³-hybridized carbons (Fsp3) is 0.417. The van der Waals surface area contributed by atoms with E-state index in [0.717, 1.165) is 25.4 Å². The maximum Gasteiger partial charge on any atom is 0.150 e. The summed E-state index contributed by atoms with van der Waals surface area (Å²) >= 11 is 0. The molecule has 0 spiro atoms. The van der Waals surface area contributed by atoms with Crippen LogP contribution in [0.2, 0.25) is 0 Å². The molecule has 1 aliphatic heterocycles. The third-order valence-corrected chi connectivity index (χ3v) is 2.44. The predicted octanol–water partition coefficient (Wildman–Crippen LogP) is 1.40. The third kappa shape index (κ3) is 2.17. The van der Waals surface area contributed by atoms with Gasteiger partial charge >= 0.3 is 0 Å². The van der Waals surface area contributed by atoms with Gasteiger partial charge in [-0.2, -0.15) is 0 Å². The van der Waals surface area contributed by atoms with Gasteiger partial charge in [0.1, 0.15) is 17.6 Å². The highest BCUT2D eigenvalue weighted by Crippen LogP contribution is 2.40. The van der Waals surface area contributed by atoms with E-state index in [0.29, 0.717) is 17.0 Å². The highest BCUT2D eigenvalue weighted by Gasteiger charge is 2.33. The summed E-state index contributed by atoms with van der Waals surface area (Å²) in [6.45, 7) is 3.97. The lowest BCUT2D eigenvalue weighted by Crippen LogP contribution is -2.25. The van der Waals surface area contributed by atoms with Gasteiger partial charge in [-0.3, -0.25) is 4.79 Å². The van der Waals surface area contributed by atoms with Gasteiger partial charge in [-0.15, -0.1) is 0 Å². The van der Waals surface area contributed by atoms with E-state index in [1.165, 1.54) is 0 Å². The molecule has 4 heteroatoms. The average molecular weight is 223 g/mol. The van der Waals surface area contributed by atoms with Crippen molar-refractivity contribution in [2.24, 2.45) is 0 Å². The van der Waals surface area contributed by atoms with Gasteiger partial charge in [0.05, 0.1) is 5.69 Å². The summed E-state index contributed by atoms with van der Waals surface area (Å²) in [7, 11) is 1.00. The number of aldehydes is 1. The second kappa shape index (κ2) is 4.53. The van der Waals surface area contributed by atoms with Crippen LogP contribution < -0.4 is 10.5 Å². The number of carbonyl (C=O) groups excluding carboxylic acids is 1. The normalized spacial score (nSPS) is 15.5. The average Bonchev–Trinajstić information content (AvgIpc) is 2.58. The molecule has 3 N–H and O–H groups in total. The van der Waals surface area contributed by atoms with Gasteiger partial charge in [-0.1, -0.05) is 0 Å². The first kappa shape index (κ1) is 12.5. The zero-order valence-corrected chi connectivity index (χ0v) is 9.78. The molecule has 0 radical (unpaired) electrons. The van der Waals surface area contributed by atoms with Gasteiger partial charge in [-0.05, 0) is 26.0 Å². The number of ether oxygens (including phenoxy) is 1. The van der Waals surface area contributed by atoms with Crippen molar-refractivity contribution >= 4 is 12.0 Å². The molecule has 4 nitrogen and oxygen atoms in total. The Morgan fingerprint density at radius 1 is 1.44 bits per heavy atom. The van der Waals surface area contributed by atoms with E-state index in [4.69, 9.17) is 15.6 Å². The summed E-state index contributed by atoms with van der Waals surface area (Å²) in [6, 6.07) is 3.45. The first-order valence-electron chi connectivity index (χ1n) is 5.04. The minimum atomic E-state index is -0.254. The maximum absolute atomic E-state index is 10.8. The summed E-state index contributed by atoms with van der Waals surface area (Å²) in [6.07, 6.45) is 1.59. The van der Waals surface area contributed by atoms with E-state index in [1.54, 1.807) is 12.1 Å². The minimum Gasteiger partial charge on any atom is -0.485 e. The number of hydrogen-bond acceptors (Lipinski definition) is 4. The predicted molar refractivity (Wildman–Crippen MR) is 62.8 cm³/mol. The number of hydrogen-bond donors (Lipinski definition) is 2. The van der Waals surface area contributed by atoms with E-state index < -0.39 is 0 Å². The first-order chi connectivity index (χ1) is 7.53. The molecule has 0 atom stereocenters. The number of rotatable bonds is 1. The second-order valence-corrected chi connectivity index (χ2v) is 4.21. The Hall–Kier alpha value is -1.55. The summed E-state index contributed by atoms with van der Waals surface area (Å²) < 4.78 is 5.68. The van der Waals surface area contributed by atoms with Gasteiger partial charge in [0.25, 0.3) is 0 Å². The minimum absolute atomic E-state index is 0.254. The lowest BCUT2D eigenvalue weighted by atomic mass is 9.97. The molecule has 0 bridgehead atoms. The van der Waals surface area contributed by atoms with Crippen LogP contribution in [0.4, 0.5) is 5.69 Å². The van der Waals surface area contributed by atoms with E-state index in [1.807, 2.05) is 13.8 Å². The molecule has 0 saturated heterocycles. The molecule has 2 rings (SSSR count). The molecule has 0 aromatic heterocycles. The van der Waals surface area contributed by atoms with Crippen LogP contribution in [0.15, 0.2) is 12.1 Å². The molecule has 1 aromatic rings. The molecular formula is C12H17NO3. The van der Waals surface area contributed by atoms with Crippen molar-refractivity contribution < 1.29 is 14.6 Å². The van der Waals surface area contributed by atoms with Crippen molar-refractivity contribution in [3.63, 3.8) is 0 Å². The highest BCUT2D eigenvalue weighted by atomic mass is 16.5. The molecule has 0 amide bonds. The molecule has 88 valence electrons. The van der Waals surface area contributed by atoms with Crippen molar-refractivity contribution in [3.8, 4) is 5.75 Å². The Balaban J connectivity index is 0.000000606. The van der Waals surface area contributed by atoms with Crippen LogP contribution >= 0.6 is 0 Å². The quantitative estimate of drug-likeness (QED) is 0.557. The van der Waals surface area contributed by atoms with Crippen LogP contribution in [-0.2, 0) is 6.42 Å². The molecule has 0 aliphatic carbocycles. The van der Waals surface area contributed by atoms with Gasteiger partial charge in [0.2, 0.25) is 0 Å². The van der Waals surface area contributed by atoms with Crippen molar-refractivity contribution in [2.75, 3.05) is 12.8 Å². The van der Waals surface area contributed by atoms with Gasteiger partial charge in [0.15, 0.2) is 0 Å². The number of carbonyl (C=O) groups is 1. The fourth-order valence-electron chi connectivity index (χ4n) is 1.81. The smallest absolute Gasteiger partial charge is 0.150 e. The zero-order valence-electron chi connectivity index (χ0n) is 9.78. The maximum atomic E-state index is 10.8. The van der Waals surface area contributed by atoms with Crippen LogP contribution in [0, 0.1) is 0 Å². The van der Waals surface area contributed by atoms with Crippen LogP contribution in [-0.4, -0.2) is 24.1 Å². The monoisotopic (exact) mass is 223 g/mol. The van der Waals surface area contributed by atoms with Crippen LogP contribution in [0.3, 0.4) is 0 Å². The van der Waals surface area contributed by atoms with E-state index in [9.17, 15) is 4.79 Å². The Morgan fingerprint density at radius 2 is 2.06 bits per heavy atom. The standard InChI is InChI=1S/C11H13NO2.CH4O/c1-11(2)5-8-7(6-13)3-4-9(12)10(8)14-11;1-2/h3-4,6H,5,12H2,1-2H3;2H,1H3. The Labute approximate surface area is 95.0 Å². The highest BCUT2D eigenvalue weighted by molar-refractivity contribution is 5.82. The first-order valence-corrected chi connectivity index (χ1v) is 5.04. The van der Waals surface area contributed by atoms with Crippen LogP contribution in [0.1, 0.15) is 29.8 Å². The van der Waals surface area contributed by atoms with Crippen LogP contribution in [0.25, 0.3) is 0 Å². The summed E-state index contributed by atoms with van der Waals surface area (Å²) in [5.41, 5.74) is 7.74. The van der Waals surface area contributed by atoms with Crippen molar-refractivity contribution in [1.82, 2.24) is 0 Å². The molecule has 0 unspecified atom stereocenters. The SMILES string of the molecule is CC1(C)Cc2c(C=O)ccc(N)c2O1.CO. The number of benzene rings is 1. The van der Waals surface area contributed by atoms with E-state index in [-0.39, 0.29) is 5.60 Å². The van der Waals surface area contributed by atoms with Gasteiger partial charge < -0.3 is 15.6 Å². The molecule has 1 aliphatic rings. The molecule has 1 heterocycles. The topological polar surface area (TPSA) is 72.6 Å². The fourth-order valence-corrected chi connectivity index (χ4v) is 1.81. The number of aliphatic hydroxyl groups excluding tert-OH is 1. The lowest BCUT2D eigenvalue weighted by molar-refractivity contribution is 0.112.